The number of carbonyl (C=O) groups is 1. The van der Waals surface area contributed by atoms with E-state index in [-0.39, 0.29) is 18.7 Å². The van der Waals surface area contributed by atoms with Gasteiger partial charge in [-0.1, -0.05) is 6.07 Å². The molecule has 0 fully saturated rings. The minimum Gasteiger partial charge on any atom is -0.496 e. The highest BCUT2D eigenvalue weighted by Gasteiger charge is 2.21. The molecule has 0 spiro atoms. The highest BCUT2D eigenvalue weighted by atomic mass is 16.5. The lowest BCUT2D eigenvalue weighted by Crippen LogP contribution is -2.20. The molecule has 1 aromatic carbocycles. The van der Waals surface area contributed by atoms with E-state index >= 15 is 0 Å². The van der Waals surface area contributed by atoms with E-state index in [1.165, 1.54) is 0 Å². The van der Waals surface area contributed by atoms with Crippen molar-refractivity contribution < 1.29 is 19.0 Å². The fourth-order valence-electron chi connectivity index (χ4n) is 1.75. The first-order chi connectivity index (χ1) is 8.61. The van der Waals surface area contributed by atoms with Gasteiger partial charge < -0.3 is 14.2 Å². The molecule has 1 aliphatic heterocycles. The molecule has 18 heavy (non-hydrogen) atoms. The van der Waals surface area contributed by atoms with E-state index in [1.54, 1.807) is 13.2 Å². The van der Waals surface area contributed by atoms with E-state index in [1.807, 2.05) is 32.0 Å². The Morgan fingerprint density at radius 3 is 2.83 bits per heavy atom. The maximum atomic E-state index is 11.8. The van der Waals surface area contributed by atoms with E-state index in [2.05, 4.69) is 0 Å². The van der Waals surface area contributed by atoms with Crippen molar-refractivity contribution in [2.75, 3.05) is 13.7 Å². The Balaban J connectivity index is 2.31. The Morgan fingerprint density at radius 1 is 1.39 bits per heavy atom. The molecule has 0 amide bonds. The van der Waals surface area contributed by atoms with Crippen molar-refractivity contribution >= 4 is 12.0 Å². The third-order valence-electron chi connectivity index (χ3n) is 2.55. The summed E-state index contributed by atoms with van der Waals surface area (Å²) in [5.41, 5.74) is 1.28. The summed E-state index contributed by atoms with van der Waals surface area (Å²) in [5.74, 6) is 1.05. The van der Waals surface area contributed by atoms with Crippen molar-refractivity contribution in [3.05, 3.63) is 29.3 Å². The van der Waals surface area contributed by atoms with Crippen LogP contribution < -0.4 is 9.47 Å². The molecular weight excluding hydrogens is 232 g/mol. The summed E-state index contributed by atoms with van der Waals surface area (Å²) in [5, 5.41) is 0. The highest BCUT2D eigenvalue weighted by Crippen LogP contribution is 2.34. The minimum absolute atomic E-state index is 0.141. The van der Waals surface area contributed by atoms with Crippen LogP contribution in [0.15, 0.2) is 23.8 Å². The van der Waals surface area contributed by atoms with Gasteiger partial charge in [-0.05, 0) is 32.1 Å². The summed E-state index contributed by atoms with van der Waals surface area (Å²) in [6.45, 7) is 3.86. The van der Waals surface area contributed by atoms with Crippen LogP contribution in [0.4, 0.5) is 0 Å². The van der Waals surface area contributed by atoms with Crippen molar-refractivity contribution in [2.45, 2.75) is 20.0 Å². The van der Waals surface area contributed by atoms with E-state index in [4.69, 9.17) is 14.2 Å². The van der Waals surface area contributed by atoms with Gasteiger partial charge in [0.15, 0.2) is 0 Å². The summed E-state index contributed by atoms with van der Waals surface area (Å²) in [4.78, 5) is 11.8. The predicted octanol–water partition coefficient (Wildman–Crippen LogP) is 2.42. The number of rotatable bonds is 3. The van der Waals surface area contributed by atoms with Crippen LogP contribution in [0.5, 0.6) is 11.5 Å². The van der Waals surface area contributed by atoms with Crippen LogP contribution in [0, 0.1) is 0 Å². The van der Waals surface area contributed by atoms with Crippen LogP contribution in [-0.4, -0.2) is 25.8 Å². The third kappa shape index (κ3) is 2.47. The zero-order valence-electron chi connectivity index (χ0n) is 10.7. The second-order valence-electron chi connectivity index (χ2n) is 4.28. The zero-order valence-corrected chi connectivity index (χ0v) is 10.7. The quantitative estimate of drug-likeness (QED) is 0.771. The topological polar surface area (TPSA) is 44.8 Å². The standard InChI is InChI=1S/C14H16O4/c1-9(2)18-14(15)10-7-11-12(16-3)5-4-6-13(11)17-8-10/h4-7,9H,8H2,1-3H3. The Labute approximate surface area is 106 Å². The maximum absolute atomic E-state index is 11.8. The smallest absolute Gasteiger partial charge is 0.337 e. The molecule has 0 unspecified atom stereocenters. The van der Waals surface area contributed by atoms with Crippen molar-refractivity contribution in [3.8, 4) is 11.5 Å². The normalized spacial score (nSPS) is 13.4. The monoisotopic (exact) mass is 248 g/mol. The molecule has 0 saturated heterocycles. The molecule has 0 bridgehead atoms. The van der Waals surface area contributed by atoms with E-state index in [0.717, 1.165) is 11.3 Å². The Bertz CT molecular complexity index is 489. The molecule has 2 rings (SSSR count). The van der Waals surface area contributed by atoms with E-state index in [9.17, 15) is 4.79 Å². The van der Waals surface area contributed by atoms with Crippen molar-refractivity contribution in [1.82, 2.24) is 0 Å². The Morgan fingerprint density at radius 2 is 2.17 bits per heavy atom. The number of hydrogen-bond acceptors (Lipinski definition) is 4. The Hall–Kier alpha value is -1.97. The van der Waals surface area contributed by atoms with Gasteiger partial charge in [-0.25, -0.2) is 4.79 Å². The van der Waals surface area contributed by atoms with Crippen LogP contribution in [0.3, 0.4) is 0 Å². The lowest BCUT2D eigenvalue weighted by atomic mass is 10.1. The molecule has 0 radical (unpaired) electrons. The van der Waals surface area contributed by atoms with E-state index in [0.29, 0.717) is 11.3 Å². The highest BCUT2D eigenvalue weighted by molar-refractivity contribution is 5.95. The minimum atomic E-state index is -0.346. The average molecular weight is 248 g/mol. The van der Waals surface area contributed by atoms with Crippen molar-refractivity contribution in [3.63, 3.8) is 0 Å². The van der Waals surface area contributed by atoms with E-state index < -0.39 is 0 Å². The van der Waals surface area contributed by atoms with Gasteiger partial charge in [-0.2, -0.15) is 0 Å². The molecule has 4 nitrogen and oxygen atoms in total. The summed E-state index contributed by atoms with van der Waals surface area (Å²) in [6, 6.07) is 5.53. The molecular formula is C14H16O4. The molecule has 0 atom stereocenters. The summed E-state index contributed by atoms with van der Waals surface area (Å²) >= 11 is 0. The number of fused-ring (bicyclic) bond motifs is 1. The number of carbonyl (C=O) groups excluding carboxylic acids is 1. The molecule has 0 aromatic heterocycles. The Kier molecular flexibility index (Phi) is 3.55. The zero-order chi connectivity index (χ0) is 13.1. The molecule has 0 saturated carbocycles. The van der Waals surface area contributed by atoms with Gasteiger partial charge in [-0.3, -0.25) is 0 Å². The van der Waals surface area contributed by atoms with Crippen LogP contribution in [-0.2, 0) is 9.53 Å². The molecule has 4 heteroatoms. The molecule has 0 aliphatic carbocycles. The summed E-state index contributed by atoms with van der Waals surface area (Å²) < 4.78 is 15.9. The van der Waals surface area contributed by atoms with Gasteiger partial charge in [0.25, 0.3) is 0 Å². The van der Waals surface area contributed by atoms with Gasteiger partial charge in [0.05, 0.1) is 24.4 Å². The van der Waals surface area contributed by atoms with Gasteiger partial charge in [0, 0.05) is 0 Å². The van der Waals surface area contributed by atoms with Gasteiger partial charge in [0.2, 0.25) is 0 Å². The number of benzene rings is 1. The summed E-state index contributed by atoms with van der Waals surface area (Å²) in [6.07, 6.45) is 1.63. The van der Waals surface area contributed by atoms with Gasteiger partial charge in [0.1, 0.15) is 18.1 Å². The van der Waals surface area contributed by atoms with Crippen molar-refractivity contribution in [2.24, 2.45) is 0 Å². The molecule has 96 valence electrons. The summed E-state index contributed by atoms with van der Waals surface area (Å²) in [7, 11) is 1.59. The first-order valence-electron chi connectivity index (χ1n) is 5.83. The van der Waals surface area contributed by atoms with Crippen LogP contribution in [0.25, 0.3) is 6.08 Å². The van der Waals surface area contributed by atoms with Crippen LogP contribution in [0.1, 0.15) is 19.4 Å². The largest absolute Gasteiger partial charge is 0.496 e. The van der Waals surface area contributed by atoms with Gasteiger partial charge >= 0.3 is 5.97 Å². The molecule has 1 aliphatic rings. The fraction of sp³-hybridized carbons (Fsp3) is 0.357. The molecule has 0 N–H and O–H groups in total. The number of ether oxygens (including phenoxy) is 3. The first kappa shape index (κ1) is 12.5. The fourth-order valence-corrected chi connectivity index (χ4v) is 1.75. The maximum Gasteiger partial charge on any atom is 0.337 e. The first-order valence-corrected chi connectivity index (χ1v) is 5.83. The van der Waals surface area contributed by atoms with Gasteiger partial charge in [-0.15, -0.1) is 0 Å². The predicted molar refractivity (Wildman–Crippen MR) is 67.7 cm³/mol. The van der Waals surface area contributed by atoms with Crippen LogP contribution >= 0.6 is 0 Å². The second kappa shape index (κ2) is 5.12. The second-order valence-corrected chi connectivity index (χ2v) is 4.28. The molecule has 1 aromatic rings. The third-order valence-corrected chi connectivity index (χ3v) is 2.55. The molecule has 1 heterocycles. The number of methoxy groups -OCH3 is 1. The lowest BCUT2D eigenvalue weighted by Gasteiger charge is -2.19. The average Bonchev–Trinajstić information content (AvgIpc) is 2.36. The van der Waals surface area contributed by atoms with Crippen LogP contribution in [0.2, 0.25) is 0 Å². The van der Waals surface area contributed by atoms with Crippen molar-refractivity contribution in [1.29, 1.82) is 0 Å². The SMILES string of the molecule is COc1cccc2c1C=C(C(=O)OC(C)C)CO2. The number of hydrogen-bond donors (Lipinski definition) is 0. The lowest BCUT2D eigenvalue weighted by molar-refractivity contribution is -0.142. The number of esters is 1.